The maximum absolute atomic E-state index is 13.2. The molecule has 0 aromatic rings. The molecule has 4 aliphatic carbocycles. The first-order valence-electron chi connectivity index (χ1n) is 11.7. The predicted octanol–water partition coefficient (Wildman–Crippen LogP) is 1.50. The summed E-state index contributed by atoms with van der Waals surface area (Å²) in [4.78, 5) is 35.6. The van der Waals surface area contributed by atoms with Crippen molar-refractivity contribution in [3.05, 3.63) is 46.7 Å². The normalized spacial score (nSPS) is 27.0. The van der Waals surface area contributed by atoms with Gasteiger partial charge in [0.25, 0.3) is 0 Å². The third-order valence-electron chi connectivity index (χ3n) is 6.47. The Labute approximate surface area is 217 Å². The second kappa shape index (κ2) is 16.5. The largest absolute Gasteiger partial charge is 0.511 e. The average molecular weight is 525 g/mol. The molecule has 0 bridgehead atoms. The number of methoxy groups -OCH3 is 1. The summed E-state index contributed by atoms with van der Waals surface area (Å²) in [5.74, 6) is -3.94. The second-order valence-electron chi connectivity index (χ2n) is 8.38. The van der Waals surface area contributed by atoms with E-state index in [9.17, 15) is 29.7 Å². The van der Waals surface area contributed by atoms with Crippen LogP contribution in [0.4, 0.5) is 0 Å². The van der Waals surface area contributed by atoms with E-state index in [2.05, 4.69) is 12.5 Å². The molecule has 0 heterocycles. The van der Waals surface area contributed by atoms with E-state index in [1.165, 1.54) is 14.0 Å². The van der Waals surface area contributed by atoms with E-state index in [-0.39, 0.29) is 41.5 Å². The maximum Gasteiger partial charge on any atom is 0.214 e. The van der Waals surface area contributed by atoms with E-state index >= 15 is 0 Å². The first-order valence-corrected chi connectivity index (χ1v) is 11.7. The van der Waals surface area contributed by atoms with Gasteiger partial charge >= 0.3 is 0 Å². The predicted molar refractivity (Wildman–Crippen MR) is 138 cm³/mol. The molecular formula is C26H40N2O9. The molecule has 4 aliphatic rings. The molecule has 0 spiro atoms. The standard InChI is InChI=1S/C21H24O6.C2H5NO.CH3N.2CH4O/c1-27-14-4-2-3-12-15(14)21(26)17-16(19(12)24)20(25)13-9-10(7-8-22)5-6-11(13)18(17)23;1-2(3)4;3*1-2/h2-4,10,12,15-17,22-23,25H,5-9H2,1H3;1H3,(H2,3,4);2H,1H2;2*2H,1H3. The van der Waals surface area contributed by atoms with Crippen molar-refractivity contribution in [2.24, 2.45) is 35.3 Å². The number of ether oxygens (including phenoxy) is 1. The number of Topliss-reactive ketones (excluding diaryl/α,β-unsaturated/α-hetero) is 2. The molecule has 208 valence electrons. The third kappa shape index (κ3) is 7.37. The van der Waals surface area contributed by atoms with E-state index in [0.29, 0.717) is 36.2 Å². The minimum Gasteiger partial charge on any atom is -0.511 e. The number of hydrogen-bond donors (Lipinski definition) is 7. The lowest BCUT2D eigenvalue weighted by Crippen LogP contribution is -2.51. The molecule has 11 heteroatoms. The molecule has 0 aromatic carbocycles. The Hall–Kier alpha value is -3.28. The van der Waals surface area contributed by atoms with Crippen LogP contribution < -0.4 is 5.73 Å². The van der Waals surface area contributed by atoms with Gasteiger partial charge in [0.15, 0.2) is 11.6 Å². The lowest BCUT2D eigenvalue weighted by molar-refractivity contribution is -0.145. The second-order valence-corrected chi connectivity index (χ2v) is 8.38. The number of aliphatic hydroxyl groups excluding tert-OH is 5. The first kappa shape index (κ1) is 33.7. The van der Waals surface area contributed by atoms with Crippen molar-refractivity contribution in [3.8, 4) is 0 Å². The van der Waals surface area contributed by atoms with E-state index in [0.717, 1.165) is 20.6 Å². The molecular weight excluding hydrogens is 484 g/mol. The average Bonchev–Trinajstić information content (AvgIpc) is 2.92. The van der Waals surface area contributed by atoms with Gasteiger partial charge in [-0.25, -0.2) is 0 Å². The van der Waals surface area contributed by atoms with E-state index < -0.39 is 23.7 Å². The Morgan fingerprint density at radius 2 is 1.57 bits per heavy atom. The zero-order valence-corrected chi connectivity index (χ0v) is 21.8. The number of fused-ring (bicyclic) bond motifs is 3. The van der Waals surface area contributed by atoms with Gasteiger partial charge in [-0.3, -0.25) is 14.4 Å². The van der Waals surface area contributed by atoms with E-state index in [1.807, 2.05) is 0 Å². The highest BCUT2D eigenvalue weighted by atomic mass is 16.5. The van der Waals surface area contributed by atoms with Crippen LogP contribution in [0.3, 0.4) is 0 Å². The van der Waals surface area contributed by atoms with Gasteiger partial charge in [0.2, 0.25) is 5.91 Å². The topological polar surface area (TPSA) is 211 Å². The van der Waals surface area contributed by atoms with Gasteiger partial charge in [-0.1, -0.05) is 12.2 Å². The number of allylic oxidation sites excluding steroid dienone is 8. The molecule has 11 nitrogen and oxygen atoms in total. The molecule has 4 rings (SSSR count). The van der Waals surface area contributed by atoms with Crippen LogP contribution >= 0.6 is 0 Å². The SMILES string of the molecule is C=N.CC(N)=O.CO.CO.COC1=CC=CC2C(=O)C3C(O)=C4CC(CCO)CCC4=C(O)C3C(=O)C12. The highest BCUT2D eigenvalue weighted by molar-refractivity contribution is 6.05. The van der Waals surface area contributed by atoms with Crippen LogP contribution in [0.25, 0.3) is 0 Å². The molecule has 0 saturated heterocycles. The maximum atomic E-state index is 13.2. The lowest BCUT2D eigenvalue weighted by atomic mass is 9.59. The number of nitrogens with two attached hydrogens (primary N) is 1. The smallest absolute Gasteiger partial charge is 0.214 e. The molecule has 2 fully saturated rings. The van der Waals surface area contributed by atoms with Gasteiger partial charge in [-0.2, -0.15) is 0 Å². The van der Waals surface area contributed by atoms with Crippen LogP contribution in [-0.2, 0) is 19.1 Å². The quantitative estimate of drug-likeness (QED) is 0.266. The molecule has 8 N–H and O–H groups in total. The highest BCUT2D eigenvalue weighted by Gasteiger charge is 2.56. The van der Waals surface area contributed by atoms with Crippen LogP contribution in [0.15, 0.2) is 46.7 Å². The molecule has 5 atom stereocenters. The van der Waals surface area contributed by atoms with Crippen LogP contribution in [-0.4, -0.2) is 77.7 Å². The summed E-state index contributed by atoms with van der Waals surface area (Å²) < 4.78 is 5.31. The lowest BCUT2D eigenvalue weighted by Gasteiger charge is -2.43. The Kier molecular flexibility index (Phi) is 15.0. The number of nitrogens with one attached hydrogen (secondary N) is 1. The third-order valence-corrected chi connectivity index (χ3v) is 6.47. The molecule has 5 unspecified atom stereocenters. The summed E-state index contributed by atoms with van der Waals surface area (Å²) >= 11 is 0. The molecule has 2 saturated carbocycles. The summed E-state index contributed by atoms with van der Waals surface area (Å²) in [6.45, 7) is 3.87. The molecule has 37 heavy (non-hydrogen) atoms. The minimum atomic E-state index is -1.04. The zero-order chi connectivity index (χ0) is 28.9. The fourth-order valence-corrected chi connectivity index (χ4v) is 5.11. The first-order chi connectivity index (χ1) is 17.7. The van der Waals surface area contributed by atoms with Crippen molar-refractivity contribution in [1.29, 1.82) is 5.41 Å². The Morgan fingerprint density at radius 3 is 2.08 bits per heavy atom. The minimum absolute atomic E-state index is 0.0634. The van der Waals surface area contributed by atoms with E-state index in [1.54, 1.807) is 18.2 Å². The summed E-state index contributed by atoms with van der Waals surface area (Å²) in [7, 11) is 3.46. The summed E-state index contributed by atoms with van der Waals surface area (Å²) in [6, 6.07) is 0. The number of rotatable bonds is 3. The Morgan fingerprint density at radius 1 is 1.05 bits per heavy atom. The number of amides is 1. The van der Waals surface area contributed by atoms with Crippen molar-refractivity contribution >= 4 is 24.2 Å². The van der Waals surface area contributed by atoms with E-state index in [4.69, 9.17) is 20.4 Å². The van der Waals surface area contributed by atoms with Gasteiger partial charge in [-0.05, 0) is 55.5 Å². The molecule has 0 aliphatic heterocycles. The van der Waals surface area contributed by atoms with Gasteiger partial charge in [-0.15, -0.1) is 0 Å². The number of ketones is 2. The van der Waals surface area contributed by atoms with Crippen LogP contribution in [0.2, 0.25) is 0 Å². The molecule has 0 radical (unpaired) electrons. The van der Waals surface area contributed by atoms with Crippen LogP contribution in [0, 0.1) is 35.0 Å². The molecule has 0 aromatic heterocycles. The van der Waals surface area contributed by atoms with Crippen molar-refractivity contribution in [1.82, 2.24) is 0 Å². The number of carbonyl (C=O) groups is 3. The van der Waals surface area contributed by atoms with Crippen molar-refractivity contribution in [2.75, 3.05) is 27.9 Å². The zero-order valence-electron chi connectivity index (χ0n) is 21.8. The molecule has 1 amide bonds. The fraction of sp³-hybridized carbons (Fsp3) is 0.538. The fourth-order valence-electron chi connectivity index (χ4n) is 5.11. The van der Waals surface area contributed by atoms with Crippen LogP contribution in [0.5, 0.6) is 0 Å². The monoisotopic (exact) mass is 524 g/mol. The van der Waals surface area contributed by atoms with Gasteiger partial charge < -0.3 is 41.4 Å². The van der Waals surface area contributed by atoms with Crippen molar-refractivity contribution in [3.63, 3.8) is 0 Å². The van der Waals surface area contributed by atoms with Crippen molar-refractivity contribution in [2.45, 2.75) is 32.6 Å². The number of carbonyl (C=O) groups excluding carboxylic acids is 3. The van der Waals surface area contributed by atoms with Gasteiger partial charge in [0, 0.05) is 27.8 Å². The summed E-state index contributed by atoms with van der Waals surface area (Å²) in [5.41, 5.74) is 5.65. The highest BCUT2D eigenvalue weighted by Crippen LogP contribution is 2.51. The Bertz CT molecular complexity index is 932. The Balaban J connectivity index is 0.00000114. The van der Waals surface area contributed by atoms with Crippen molar-refractivity contribution < 1.29 is 44.7 Å². The summed E-state index contributed by atoms with van der Waals surface area (Å²) in [5, 5.41) is 50.5. The number of hydrogen-bond acceptors (Lipinski definition) is 10. The number of aliphatic hydroxyl groups is 5. The van der Waals surface area contributed by atoms with Gasteiger partial charge in [0.1, 0.15) is 17.3 Å². The van der Waals surface area contributed by atoms with Crippen LogP contribution in [0.1, 0.15) is 32.6 Å². The number of primary amides is 1. The summed E-state index contributed by atoms with van der Waals surface area (Å²) in [6.07, 6.45) is 7.45. The van der Waals surface area contributed by atoms with Gasteiger partial charge in [0.05, 0.1) is 30.8 Å².